The van der Waals surface area contributed by atoms with E-state index in [2.05, 4.69) is 49.3 Å². The molecule has 1 atom stereocenters. The van der Waals surface area contributed by atoms with Crippen LogP contribution in [0.2, 0.25) is 5.02 Å². The number of nitrogens with one attached hydrogen (secondary N) is 2. The Morgan fingerprint density at radius 1 is 1.00 bits per heavy atom. The first kappa shape index (κ1) is 34.2. The van der Waals surface area contributed by atoms with E-state index in [1.165, 1.54) is 0 Å². The Morgan fingerprint density at radius 2 is 1.83 bits per heavy atom. The number of unbranched alkanes of at least 4 members (excludes halogenated alkanes) is 1. The summed E-state index contributed by atoms with van der Waals surface area (Å²) in [6, 6.07) is 11.7. The van der Waals surface area contributed by atoms with Gasteiger partial charge in [-0.2, -0.15) is 5.10 Å². The van der Waals surface area contributed by atoms with Crippen LogP contribution >= 0.6 is 22.9 Å². The molecule has 1 fully saturated rings. The first-order chi connectivity index (χ1) is 25.7. The van der Waals surface area contributed by atoms with Crippen LogP contribution in [-0.4, -0.2) is 71.4 Å². The van der Waals surface area contributed by atoms with E-state index in [-0.39, 0.29) is 24.0 Å². The van der Waals surface area contributed by atoms with E-state index in [9.17, 15) is 19.2 Å². The minimum Gasteiger partial charge on any atom is -0.384 e. The van der Waals surface area contributed by atoms with Gasteiger partial charge < -0.3 is 5.32 Å². The summed E-state index contributed by atoms with van der Waals surface area (Å²) in [5, 5.41) is 20.4. The van der Waals surface area contributed by atoms with Gasteiger partial charge in [-0.3, -0.25) is 43.6 Å². The third kappa shape index (κ3) is 6.32. The highest BCUT2D eigenvalue weighted by Gasteiger charge is 2.45. The lowest BCUT2D eigenvalue weighted by molar-refractivity contribution is -0.136. The van der Waals surface area contributed by atoms with Gasteiger partial charge in [-0.1, -0.05) is 41.6 Å². The van der Waals surface area contributed by atoms with Gasteiger partial charge in [0.25, 0.3) is 11.8 Å². The molecular formula is C38H32ClN9O4S. The number of aromatic nitrogens is 5. The monoisotopic (exact) mass is 745 g/mol. The number of halogens is 1. The summed E-state index contributed by atoms with van der Waals surface area (Å²) in [6.07, 6.45) is 5.44. The smallest absolute Gasteiger partial charge is 0.264 e. The second kappa shape index (κ2) is 13.9. The number of carbonyl (C=O) groups is 4. The number of thiophene rings is 1. The van der Waals surface area contributed by atoms with Crippen LogP contribution in [0.4, 0.5) is 5.69 Å². The molecule has 266 valence electrons. The number of carbonyl (C=O) groups excluding carboxylic acids is 4. The maximum atomic E-state index is 13.4. The number of nitrogens with zero attached hydrogens (tertiary/aromatic N) is 7. The number of hydrogen-bond donors (Lipinski definition) is 2. The standard InChI is InChI=1S/C38H32ClN9O4S/c1-21-29(53-38-32(21)34(24-9-11-25(39)12-10-24)41-19-30-45-44-22(2)47(30)38)14-8-23-18-42-46(20-23)17-4-3-16-40-27-7-5-6-26-33(27)37(52)48(36(26)51)28-13-15-31(49)43-35(28)50/h5-7,9-12,18,20,28,40H,3-4,13,15-17,19H2,1-2H3,(H,43,49,50). The highest BCUT2D eigenvalue weighted by atomic mass is 35.5. The summed E-state index contributed by atoms with van der Waals surface area (Å²) in [6.45, 7) is 5.64. The van der Waals surface area contributed by atoms with Crippen molar-refractivity contribution in [2.24, 2.45) is 4.99 Å². The van der Waals surface area contributed by atoms with E-state index in [0.29, 0.717) is 30.3 Å². The lowest BCUT2D eigenvalue weighted by Gasteiger charge is -2.27. The maximum Gasteiger partial charge on any atom is 0.264 e. The molecule has 0 radical (unpaired) electrons. The average Bonchev–Trinajstić information content (AvgIpc) is 3.87. The summed E-state index contributed by atoms with van der Waals surface area (Å²) in [4.78, 5) is 57.4. The Labute approximate surface area is 313 Å². The molecule has 5 aromatic rings. The number of fused-ring (bicyclic) bond motifs is 4. The van der Waals surface area contributed by atoms with Crippen molar-refractivity contribution in [1.29, 1.82) is 0 Å². The SMILES string of the molecule is Cc1c(C#Cc2cnn(CCCCNc3cccc4c3C(=O)N(C3CCC(=O)NC3=O)C4=O)c2)sc2c1C(c1ccc(Cl)cc1)=NCc1nnc(C)n1-2. The molecule has 15 heteroatoms. The second-order valence-electron chi connectivity index (χ2n) is 13.0. The fourth-order valence-corrected chi connectivity index (χ4v) is 8.22. The zero-order chi connectivity index (χ0) is 36.8. The number of aliphatic imine (C=N–C) groups is 1. The Hall–Kier alpha value is -5.91. The number of benzene rings is 2. The first-order valence-electron chi connectivity index (χ1n) is 17.2. The highest BCUT2D eigenvalue weighted by molar-refractivity contribution is 7.15. The molecule has 3 aromatic heterocycles. The Kier molecular flexibility index (Phi) is 8.97. The lowest BCUT2D eigenvalue weighted by Crippen LogP contribution is -2.54. The number of imide groups is 2. The molecule has 2 aromatic carbocycles. The van der Waals surface area contributed by atoms with E-state index in [1.807, 2.05) is 42.1 Å². The van der Waals surface area contributed by atoms with Gasteiger partial charge in [-0.05, 0) is 62.9 Å². The van der Waals surface area contributed by atoms with Crippen LogP contribution in [0.5, 0.6) is 0 Å². The normalized spacial score (nSPS) is 16.3. The van der Waals surface area contributed by atoms with Crippen molar-refractivity contribution in [2.45, 2.75) is 58.7 Å². The molecule has 13 nitrogen and oxygen atoms in total. The largest absolute Gasteiger partial charge is 0.384 e. The summed E-state index contributed by atoms with van der Waals surface area (Å²) < 4.78 is 3.93. The van der Waals surface area contributed by atoms with E-state index in [0.717, 1.165) is 67.2 Å². The molecule has 0 bridgehead atoms. The summed E-state index contributed by atoms with van der Waals surface area (Å²) in [7, 11) is 0. The Bertz CT molecular complexity index is 2430. The van der Waals surface area contributed by atoms with Crippen LogP contribution in [0.25, 0.3) is 5.00 Å². The van der Waals surface area contributed by atoms with Gasteiger partial charge in [0.15, 0.2) is 5.82 Å². The van der Waals surface area contributed by atoms with E-state index < -0.39 is 29.7 Å². The summed E-state index contributed by atoms with van der Waals surface area (Å²) in [5.41, 5.74) is 5.71. The fourth-order valence-electron chi connectivity index (χ4n) is 6.86. The van der Waals surface area contributed by atoms with Crippen LogP contribution < -0.4 is 10.6 Å². The van der Waals surface area contributed by atoms with E-state index in [1.54, 1.807) is 35.7 Å². The number of anilines is 1. The van der Waals surface area contributed by atoms with E-state index in [4.69, 9.17) is 16.6 Å². The van der Waals surface area contributed by atoms with Crippen LogP contribution in [0, 0.1) is 25.7 Å². The highest BCUT2D eigenvalue weighted by Crippen LogP contribution is 2.37. The number of rotatable bonds is 8. The second-order valence-corrected chi connectivity index (χ2v) is 14.4. The van der Waals surface area contributed by atoms with Crippen molar-refractivity contribution in [1.82, 2.24) is 34.8 Å². The molecule has 53 heavy (non-hydrogen) atoms. The van der Waals surface area contributed by atoms with Crippen LogP contribution in [0.15, 0.2) is 59.9 Å². The van der Waals surface area contributed by atoms with Gasteiger partial charge in [0.2, 0.25) is 11.8 Å². The Morgan fingerprint density at radius 3 is 2.64 bits per heavy atom. The Balaban J connectivity index is 0.916. The van der Waals surface area contributed by atoms with Crippen molar-refractivity contribution in [3.63, 3.8) is 0 Å². The third-order valence-corrected chi connectivity index (χ3v) is 11.0. The minimum atomic E-state index is -1.00. The molecule has 8 rings (SSSR count). The molecule has 3 aliphatic rings. The topological polar surface area (TPSA) is 156 Å². The molecule has 1 unspecified atom stereocenters. The van der Waals surface area contributed by atoms with Crippen LogP contribution in [-0.2, 0) is 22.7 Å². The zero-order valence-electron chi connectivity index (χ0n) is 28.8. The van der Waals surface area contributed by atoms with Gasteiger partial charge in [0.1, 0.15) is 23.4 Å². The summed E-state index contributed by atoms with van der Waals surface area (Å²) in [5.74, 6) is 6.14. The van der Waals surface area contributed by atoms with Gasteiger partial charge in [0, 0.05) is 47.5 Å². The molecule has 1 saturated heterocycles. The first-order valence-corrected chi connectivity index (χ1v) is 18.4. The maximum absolute atomic E-state index is 13.4. The molecule has 0 spiro atoms. The van der Waals surface area contributed by atoms with Crippen molar-refractivity contribution < 1.29 is 19.2 Å². The molecule has 2 N–H and O–H groups in total. The zero-order valence-corrected chi connectivity index (χ0v) is 30.3. The van der Waals surface area contributed by atoms with Crippen LogP contribution in [0.3, 0.4) is 0 Å². The van der Waals surface area contributed by atoms with Gasteiger partial charge >= 0.3 is 0 Å². The number of hydrogen-bond acceptors (Lipinski definition) is 10. The average molecular weight is 746 g/mol. The summed E-state index contributed by atoms with van der Waals surface area (Å²) >= 11 is 7.78. The molecule has 0 saturated carbocycles. The quantitative estimate of drug-likeness (QED) is 0.130. The predicted molar refractivity (Wildman–Crippen MR) is 199 cm³/mol. The minimum absolute atomic E-state index is 0.0725. The van der Waals surface area contributed by atoms with Crippen molar-refractivity contribution in [2.75, 3.05) is 11.9 Å². The predicted octanol–water partition coefficient (Wildman–Crippen LogP) is 4.84. The molecule has 0 aliphatic carbocycles. The van der Waals surface area contributed by atoms with Gasteiger partial charge in [-0.15, -0.1) is 21.5 Å². The van der Waals surface area contributed by atoms with E-state index >= 15 is 0 Å². The molecular weight excluding hydrogens is 714 g/mol. The van der Waals surface area contributed by atoms with Gasteiger partial charge in [0.05, 0.1) is 33.5 Å². The van der Waals surface area contributed by atoms with Crippen LogP contribution in [0.1, 0.15) is 85.2 Å². The third-order valence-electron chi connectivity index (χ3n) is 9.51. The number of amides is 4. The molecule has 3 aliphatic heterocycles. The fraction of sp³-hybridized carbons (Fsp3) is 0.263. The van der Waals surface area contributed by atoms with Crippen molar-refractivity contribution in [3.05, 3.63) is 110 Å². The van der Waals surface area contributed by atoms with Gasteiger partial charge in [-0.25, -0.2) is 0 Å². The number of aryl methyl sites for hydroxylation is 2. The van der Waals surface area contributed by atoms with Crippen molar-refractivity contribution >= 4 is 58.0 Å². The molecule has 4 amide bonds. The molecule has 6 heterocycles. The van der Waals surface area contributed by atoms with Crippen molar-refractivity contribution in [3.8, 4) is 16.8 Å². The lowest BCUT2D eigenvalue weighted by atomic mass is 10.00. The number of piperidine rings is 1.